The Balaban J connectivity index is 1.38. The molecule has 3 heterocycles. The maximum absolute atomic E-state index is 13.3. The molecule has 5 rings (SSSR count). The molecule has 1 amide bonds. The van der Waals surface area contributed by atoms with Crippen LogP contribution in [0.1, 0.15) is 44.7 Å². The van der Waals surface area contributed by atoms with E-state index in [0.29, 0.717) is 25.4 Å². The first-order valence-corrected chi connectivity index (χ1v) is 10.9. The Labute approximate surface area is 187 Å². The minimum atomic E-state index is -0.255. The molecule has 1 atom stereocenters. The molecule has 32 heavy (non-hydrogen) atoms. The highest BCUT2D eigenvalue weighted by atomic mass is 16.5. The summed E-state index contributed by atoms with van der Waals surface area (Å²) in [4.78, 5) is 19.9. The van der Waals surface area contributed by atoms with E-state index in [1.165, 1.54) is 11.1 Å². The normalized spacial score (nSPS) is 16.4. The number of morpholine rings is 1. The fourth-order valence-electron chi connectivity index (χ4n) is 4.32. The third kappa shape index (κ3) is 4.14. The van der Waals surface area contributed by atoms with Gasteiger partial charge in [0.05, 0.1) is 24.4 Å². The summed E-state index contributed by atoms with van der Waals surface area (Å²) in [5, 5.41) is 8.15. The van der Waals surface area contributed by atoms with Crippen molar-refractivity contribution in [3.05, 3.63) is 94.4 Å². The van der Waals surface area contributed by atoms with Crippen LogP contribution in [0.2, 0.25) is 0 Å². The highest BCUT2D eigenvalue weighted by Gasteiger charge is 2.29. The number of aromatic amines is 1. The molecule has 0 aliphatic carbocycles. The number of hydrogen-bond donors (Lipinski definition) is 1. The second kappa shape index (κ2) is 8.55. The maximum Gasteiger partial charge on any atom is 0.275 e. The van der Waals surface area contributed by atoms with Crippen molar-refractivity contribution in [3.8, 4) is 0 Å². The minimum Gasteiger partial charge on any atom is -0.368 e. The zero-order valence-corrected chi connectivity index (χ0v) is 18.3. The zero-order valence-electron chi connectivity index (χ0n) is 18.3. The van der Waals surface area contributed by atoms with Gasteiger partial charge in [0.2, 0.25) is 0 Å². The number of H-pyrrole nitrogens is 1. The third-order valence-corrected chi connectivity index (χ3v) is 5.89. The molecule has 1 aliphatic heterocycles. The molecule has 2 aromatic carbocycles. The Morgan fingerprint density at radius 2 is 1.94 bits per heavy atom. The van der Waals surface area contributed by atoms with E-state index in [1.807, 2.05) is 43.0 Å². The lowest BCUT2D eigenvalue weighted by Crippen LogP contribution is -2.42. The highest BCUT2D eigenvalue weighted by molar-refractivity contribution is 6.04. The number of aryl methyl sites for hydroxylation is 2. The van der Waals surface area contributed by atoms with Crippen LogP contribution in [0.4, 0.5) is 0 Å². The van der Waals surface area contributed by atoms with Crippen molar-refractivity contribution in [2.75, 3.05) is 19.7 Å². The van der Waals surface area contributed by atoms with Crippen LogP contribution in [-0.2, 0) is 11.2 Å². The second-order valence-electron chi connectivity index (χ2n) is 8.44. The summed E-state index contributed by atoms with van der Waals surface area (Å²) in [5.41, 5.74) is 6.71. The lowest BCUT2D eigenvalue weighted by atomic mass is 10.0. The van der Waals surface area contributed by atoms with E-state index >= 15 is 0 Å². The van der Waals surface area contributed by atoms with Gasteiger partial charge in [-0.3, -0.25) is 14.9 Å². The van der Waals surface area contributed by atoms with Gasteiger partial charge in [0.25, 0.3) is 5.91 Å². The Kier molecular flexibility index (Phi) is 5.45. The molecule has 1 saturated heterocycles. The molecule has 2 aromatic heterocycles. The van der Waals surface area contributed by atoms with Crippen molar-refractivity contribution in [2.45, 2.75) is 26.4 Å². The van der Waals surface area contributed by atoms with Gasteiger partial charge in [-0.1, -0.05) is 42.0 Å². The Bertz CT molecular complexity index is 1270. The lowest BCUT2D eigenvalue weighted by molar-refractivity contribution is -0.0249. The maximum atomic E-state index is 13.3. The topological polar surface area (TPSA) is 71.1 Å². The molecule has 162 valence electrons. The van der Waals surface area contributed by atoms with Crippen molar-refractivity contribution < 1.29 is 9.53 Å². The number of benzene rings is 2. The van der Waals surface area contributed by atoms with Gasteiger partial charge in [-0.05, 0) is 55.7 Å². The van der Waals surface area contributed by atoms with Crippen LogP contribution in [0.3, 0.4) is 0 Å². The van der Waals surface area contributed by atoms with Gasteiger partial charge in [-0.25, -0.2) is 0 Å². The summed E-state index contributed by atoms with van der Waals surface area (Å²) < 4.78 is 6.04. The van der Waals surface area contributed by atoms with Crippen LogP contribution < -0.4 is 0 Å². The number of rotatable bonds is 4. The van der Waals surface area contributed by atoms with Gasteiger partial charge in [0.15, 0.2) is 5.69 Å². The molecule has 6 nitrogen and oxygen atoms in total. The Morgan fingerprint density at radius 3 is 2.78 bits per heavy atom. The van der Waals surface area contributed by atoms with Crippen LogP contribution in [-0.4, -0.2) is 45.7 Å². The molecule has 0 spiro atoms. The molecule has 1 N–H and O–H groups in total. The number of aromatic nitrogens is 3. The standard InChI is InChI=1S/C26H26N4O2/c1-17-8-9-22-21(12-17)25(29-28-22)26(31)30-10-11-32-24(16-30)23-15-20(13-18(2)27-23)14-19-6-4-3-5-7-19/h3-9,12-13,15,24H,10-11,14,16H2,1-2H3,(H,28,29). The second-order valence-corrected chi connectivity index (χ2v) is 8.44. The van der Waals surface area contributed by atoms with Gasteiger partial charge in [0, 0.05) is 17.6 Å². The fraction of sp³-hybridized carbons (Fsp3) is 0.269. The molecular weight excluding hydrogens is 400 g/mol. The quantitative estimate of drug-likeness (QED) is 0.526. The summed E-state index contributed by atoms with van der Waals surface area (Å²) >= 11 is 0. The number of amides is 1. The minimum absolute atomic E-state index is 0.0766. The highest BCUT2D eigenvalue weighted by Crippen LogP contribution is 2.26. The molecule has 0 saturated carbocycles. The lowest BCUT2D eigenvalue weighted by Gasteiger charge is -2.32. The first-order chi connectivity index (χ1) is 15.6. The first kappa shape index (κ1) is 20.4. The number of fused-ring (bicyclic) bond motifs is 1. The predicted molar refractivity (Wildman–Crippen MR) is 124 cm³/mol. The zero-order chi connectivity index (χ0) is 22.1. The summed E-state index contributed by atoms with van der Waals surface area (Å²) in [6.45, 7) is 5.49. The van der Waals surface area contributed by atoms with Crippen LogP contribution in [0, 0.1) is 13.8 Å². The van der Waals surface area contributed by atoms with E-state index in [4.69, 9.17) is 9.72 Å². The Morgan fingerprint density at radius 1 is 1.09 bits per heavy atom. The fourth-order valence-corrected chi connectivity index (χ4v) is 4.32. The van der Waals surface area contributed by atoms with Crippen molar-refractivity contribution in [3.63, 3.8) is 0 Å². The molecule has 0 radical (unpaired) electrons. The van der Waals surface area contributed by atoms with E-state index in [-0.39, 0.29) is 12.0 Å². The van der Waals surface area contributed by atoms with E-state index < -0.39 is 0 Å². The predicted octanol–water partition coefficient (Wildman–Crippen LogP) is 4.38. The summed E-state index contributed by atoms with van der Waals surface area (Å²) in [6, 6.07) is 20.6. The van der Waals surface area contributed by atoms with Crippen molar-refractivity contribution in [2.24, 2.45) is 0 Å². The number of nitrogens with zero attached hydrogens (tertiary/aromatic N) is 3. The Hall–Kier alpha value is -3.51. The largest absolute Gasteiger partial charge is 0.368 e. The van der Waals surface area contributed by atoms with Gasteiger partial charge < -0.3 is 9.64 Å². The van der Waals surface area contributed by atoms with E-state index in [9.17, 15) is 4.79 Å². The van der Waals surface area contributed by atoms with Crippen molar-refractivity contribution in [1.82, 2.24) is 20.1 Å². The SMILES string of the molecule is Cc1ccc2[nH]nc(C(=O)N3CCOC(c4cc(Cc5ccccc5)cc(C)n4)C3)c2c1. The number of pyridine rings is 1. The molecule has 1 unspecified atom stereocenters. The average Bonchev–Trinajstić information content (AvgIpc) is 3.22. The van der Waals surface area contributed by atoms with E-state index in [1.54, 1.807) is 0 Å². The summed E-state index contributed by atoms with van der Waals surface area (Å²) in [6.07, 6.45) is 0.583. The molecule has 6 heteroatoms. The molecule has 4 aromatic rings. The van der Waals surface area contributed by atoms with E-state index in [2.05, 4.69) is 46.6 Å². The summed E-state index contributed by atoms with van der Waals surface area (Å²) in [5.74, 6) is -0.0766. The number of nitrogens with one attached hydrogen (secondary N) is 1. The molecule has 1 fully saturated rings. The third-order valence-electron chi connectivity index (χ3n) is 5.89. The van der Waals surface area contributed by atoms with Crippen LogP contribution in [0.25, 0.3) is 10.9 Å². The molecule has 0 bridgehead atoms. The van der Waals surface area contributed by atoms with Crippen LogP contribution >= 0.6 is 0 Å². The summed E-state index contributed by atoms with van der Waals surface area (Å²) in [7, 11) is 0. The van der Waals surface area contributed by atoms with Crippen molar-refractivity contribution >= 4 is 16.8 Å². The molecule has 1 aliphatic rings. The number of ether oxygens (including phenoxy) is 1. The van der Waals surface area contributed by atoms with E-state index in [0.717, 1.165) is 34.3 Å². The first-order valence-electron chi connectivity index (χ1n) is 10.9. The van der Waals surface area contributed by atoms with Gasteiger partial charge >= 0.3 is 0 Å². The smallest absolute Gasteiger partial charge is 0.275 e. The van der Waals surface area contributed by atoms with Gasteiger partial charge in [-0.2, -0.15) is 5.10 Å². The monoisotopic (exact) mass is 426 g/mol. The van der Waals surface area contributed by atoms with Crippen LogP contribution in [0.15, 0.2) is 60.7 Å². The molecular formula is C26H26N4O2. The van der Waals surface area contributed by atoms with Crippen molar-refractivity contribution in [1.29, 1.82) is 0 Å². The van der Waals surface area contributed by atoms with Gasteiger partial charge in [0.1, 0.15) is 6.10 Å². The average molecular weight is 427 g/mol. The van der Waals surface area contributed by atoms with Gasteiger partial charge in [-0.15, -0.1) is 0 Å². The van der Waals surface area contributed by atoms with Crippen LogP contribution in [0.5, 0.6) is 0 Å². The number of hydrogen-bond acceptors (Lipinski definition) is 4. The number of carbonyl (C=O) groups excluding carboxylic acids is 1. The number of carbonyl (C=O) groups is 1.